The van der Waals surface area contributed by atoms with Gasteiger partial charge < -0.3 is 4.74 Å². The van der Waals surface area contributed by atoms with Crippen molar-refractivity contribution in [2.24, 2.45) is 0 Å². The molecule has 5 nitrogen and oxygen atoms in total. The highest BCUT2D eigenvalue weighted by Crippen LogP contribution is 2.25. The second-order valence-electron chi connectivity index (χ2n) is 5.05. The minimum absolute atomic E-state index is 0.0485. The lowest BCUT2D eigenvalue weighted by Crippen LogP contribution is -2.29. The SMILES string of the molecule is COC(=O)c1ccc(CN(c2cccc(Cl)c2)S(C)(=O)=O)c(F)c1. The fraction of sp³-hybridized carbons (Fsp3) is 0.188. The maximum absolute atomic E-state index is 14.2. The Morgan fingerprint density at radius 1 is 1.25 bits per heavy atom. The first kappa shape index (κ1) is 18.2. The van der Waals surface area contributed by atoms with Crippen molar-refractivity contribution in [1.29, 1.82) is 0 Å². The first-order valence-electron chi connectivity index (χ1n) is 6.82. The van der Waals surface area contributed by atoms with Gasteiger partial charge in [0.15, 0.2) is 0 Å². The third-order valence-corrected chi connectivity index (χ3v) is 4.66. The minimum atomic E-state index is -3.66. The molecule has 0 aliphatic rings. The molecule has 0 fully saturated rings. The van der Waals surface area contributed by atoms with Gasteiger partial charge in [-0.1, -0.05) is 23.7 Å². The summed E-state index contributed by atoms with van der Waals surface area (Å²) < 4.78 is 43.9. The summed E-state index contributed by atoms with van der Waals surface area (Å²) in [4.78, 5) is 11.4. The zero-order valence-electron chi connectivity index (χ0n) is 13.0. The zero-order valence-corrected chi connectivity index (χ0v) is 14.6. The van der Waals surface area contributed by atoms with Crippen LogP contribution in [0, 0.1) is 5.82 Å². The molecule has 0 radical (unpaired) electrons. The summed E-state index contributed by atoms with van der Waals surface area (Å²) >= 11 is 5.90. The first-order chi connectivity index (χ1) is 11.2. The third kappa shape index (κ3) is 4.24. The molecule has 0 unspecified atom stereocenters. The van der Waals surface area contributed by atoms with Crippen LogP contribution in [0.25, 0.3) is 0 Å². The summed E-state index contributed by atoms with van der Waals surface area (Å²) in [6.45, 7) is -0.230. The van der Waals surface area contributed by atoms with Gasteiger partial charge >= 0.3 is 5.97 Å². The molecule has 2 rings (SSSR count). The number of nitrogens with zero attached hydrogens (tertiary/aromatic N) is 1. The summed E-state index contributed by atoms with van der Waals surface area (Å²) in [5.41, 5.74) is 0.488. The number of ether oxygens (including phenoxy) is 1. The van der Waals surface area contributed by atoms with Crippen molar-refractivity contribution in [2.75, 3.05) is 17.7 Å². The first-order valence-corrected chi connectivity index (χ1v) is 9.05. The highest BCUT2D eigenvalue weighted by atomic mass is 35.5. The molecule has 0 N–H and O–H groups in total. The number of hydrogen-bond acceptors (Lipinski definition) is 4. The summed E-state index contributed by atoms with van der Waals surface area (Å²) in [6, 6.07) is 9.99. The molecular formula is C16H15ClFNO4S. The van der Waals surface area contributed by atoms with Crippen molar-refractivity contribution in [3.63, 3.8) is 0 Å². The van der Waals surface area contributed by atoms with Gasteiger partial charge in [-0.15, -0.1) is 0 Å². The van der Waals surface area contributed by atoms with E-state index in [0.717, 1.165) is 16.6 Å². The van der Waals surface area contributed by atoms with E-state index in [1.807, 2.05) is 0 Å². The van der Waals surface area contributed by atoms with Crippen LogP contribution in [0.15, 0.2) is 42.5 Å². The Balaban J connectivity index is 2.39. The Bertz CT molecular complexity index is 870. The van der Waals surface area contributed by atoms with E-state index in [2.05, 4.69) is 4.74 Å². The molecule has 0 amide bonds. The topological polar surface area (TPSA) is 63.7 Å². The molecule has 128 valence electrons. The number of hydrogen-bond donors (Lipinski definition) is 0. The molecule has 0 aromatic heterocycles. The van der Waals surface area contributed by atoms with Crippen LogP contribution in [0.2, 0.25) is 5.02 Å². The molecule has 8 heteroatoms. The number of anilines is 1. The Labute approximate surface area is 144 Å². The van der Waals surface area contributed by atoms with Crippen LogP contribution in [-0.2, 0) is 21.3 Å². The molecule has 0 saturated heterocycles. The molecule has 24 heavy (non-hydrogen) atoms. The second kappa shape index (κ2) is 7.19. The van der Waals surface area contributed by atoms with Gasteiger partial charge in [0.05, 0.1) is 31.2 Å². The van der Waals surface area contributed by atoms with Crippen molar-refractivity contribution in [2.45, 2.75) is 6.54 Å². The van der Waals surface area contributed by atoms with Crippen LogP contribution in [0.1, 0.15) is 15.9 Å². The fourth-order valence-corrected chi connectivity index (χ4v) is 3.16. The predicted octanol–water partition coefficient (Wildman–Crippen LogP) is 3.23. The molecule has 0 heterocycles. The van der Waals surface area contributed by atoms with Crippen molar-refractivity contribution in [3.05, 3.63) is 64.4 Å². The Morgan fingerprint density at radius 2 is 1.96 bits per heavy atom. The number of sulfonamides is 1. The maximum Gasteiger partial charge on any atom is 0.337 e. The van der Waals surface area contributed by atoms with Crippen LogP contribution in [0.4, 0.5) is 10.1 Å². The number of carbonyl (C=O) groups excluding carboxylic acids is 1. The third-order valence-electron chi connectivity index (χ3n) is 3.28. The zero-order chi connectivity index (χ0) is 17.9. The molecule has 0 atom stereocenters. The van der Waals surface area contributed by atoms with Crippen LogP contribution >= 0.6 is 11.6 Å². The summed E-state index contributed by atoms with van der Waals surface area (Å²) in [5, 5.41) is 0.364. The summed E-state index contributed by atoms with van der Waals surface area (Å²) in [6.07, 6.45) is 1.02. The average molecular weight is 372 g/mol. The van der Waals surface area contributed by atoms with Gasteiger partial charge in [0.1, 0.15) is 5.82 Å². The van der Waals surface area contributed by atoms with Gasteiger partial charge in [0.25, 0.3) is 0 Å². The lowest BCUT2D eigenvalue weighted by Gasteiger charge is -2.23. The smallest absolute Gasteiger partial charge is 0.337 e. The van der Waals surface area contributed by atoms with Crippen LogP contribution in [0.5, 0.6) is 0 Å². The van der Waals surface area contributed by atoms with Gasteiger partial charge in [0.2, 0.25) is 10.0 Å². The summed E-state index contributed by atoms with van der Waals surface area (Å²) in [7, 11) is -2.47. The molecule has 0 bridgehead atoms. The Hall–Kier alpha value is -2.12. The second-order valence-corrected chi connectivity index (χ2v) is 7.39. The lowest BCUT2D eigenvalue weighted by molar-refractivity contribution is 0.0600. The van der Waals surface area contributed by atoms with Gasteiger partial charge in [-0.05, 0) is 30.3 Å². The highest BCUT2D eigenvalue weighted by Gasteiger charge is 2.20. The van der Waals surface area contributed by atoms with E-state index >= 15 is 0 Å². The fourth-order valence-electron chi connectivity index (χ4n) is 2.11. The molecule has 0 aliphatic carbocycles. The standard InChI is InChI=1S/C16H15ClFNO4S/c1-23-16(20)11-6-7-12(15(18)8-11)10-19(24(2,21)22)14-5-3-4-13(17)9-14/h3-9H,10H2,1-2H3. The minimum Gasteiger partial charge on any atom is -0.465 e. The van der Waals surface area contributed by atoms with E-state index < -0.39 is 21.8 Å². The molecule has 0 saturated carbocycles. The Kier molecular flexibility index (Phi) is 5.46. The van der Waals surface area contributed by atoms with E-state index in [0.29, 0.717) is 10.7 Å². The van der Waals surface area contributed by atoms with Crippen molar-refractivity contribution < 1.29 is 22.3 Å². The number of methoxy groups -OCH3 is 1. The largest absolute Gasteiger partial charge is 0.465 e. The number of rotatable bonds is 5. The van der Waals surface area contributed by atoms with Gasteiger partial charge in [0, 0.05) is 10.6 Å². The van der Waals surface area contributed by atoms with Gasteiger partial charge in [-0.2, -0.15) is 0 Å². The van der Waals surface area contributed by atoms with Gasteiger partial charge in [-0.3, -0.25) is 4.31 Å². The van der Waals surface area contributed by atoms with E-state index in [9.17, 15) is 17.6 Å². The van der Waals surface area contributed by atoms with Gasteiger partial charge in [-0.25, -0.2) is 17.6 Å². The number of esters is 1. The highest BCUT2D eigenvalue weighted by molar-refractivity contribution is 7.92. The van der Waals surface area contributed by atoms with Crippen LogP contribution in [0.3, 0.4) is 0 Å². The number of halogens is 2. The quantitative estimate of drug-likeness (QED) is 0.757. The molecule has 2 aromatic rings. The number of carbonyl (C=O) groups is 1. The summed E-state index contributed by atoms with van der Waals surface area (Å²) in [5.74, 6) is -1.37. The van der Waals surface area contributed by atoms with Crippen molar-refractivity contribution >= 4 is 33.3 Å². The molecule has 0 spiro atoms. The van der Waals surface area contributed by atoms with Crippen LogP contribution < -0.4 is 4.31 Å². The predicted molar refractivity (Wildman–Crippen MR) is 90.2 cm³/mol. The van der Waals surface area contributed by atoms with E-state index in [1.165, 1.54) is 25.3 Å². The van der Waals surface area contributed by atoms with Crippen LogP contribution in [-0.4, -0.2) is 27.8 Å². The van der Waals surface area contributed by atoms with E-state index in [4.69, 9.17) is 11.6 Å². The number of benzene rings is 2. The molecule has 0 aliphatic heterocycles. The maximum atomic E-state index is 14.2. The Morgan fingerprint density at radius 3 is 2.50 bits per heavy atom. The van der Waals surface area contributed by atoms with Crippen molar-refractivity contribution in [1.82, 2.24) is 0 Å². The lowest BCUT2D eigenvalue weighted by atomic mass is 10.1. The van der Waals surface area contributed by atoms with E-state index in [1.54, 1.807) is 18.2 Å². The molecule has 2 aromatic carbocycles. The normalized spacial score (nSPS) is 11.2. The van der Waals surface area contributed by atoms with E-state index in [-0.39, 0.29) is 17.7 Å². The van der Waals surface area contributed by atoms with Crippen molar-refractivity contribution in [3.8, 4) is 0 Å². The average Bonchev–Trinajstić information content (AvgIpc) is 2.51. The monoisotopic (exact) mass is 371 g/mol. The molecular weight excluding hydrogens is 357 g/mol.